The highest BCUT2D eigenvalue weighted by Crippen LogP contribution is 2.35. The number of aromatic hydroxyl groups is 1. The number of halogens is 3. The number of amides is 2. The molecule has 23 heavy (non-hydrogen) atoms. The van der Waals surface area contributed by atoms with Gasteiger partial charge in [0.05, 0.1) is 8.95 Å². The van der Waals surface area contributed by atoms with E-state index in [2.05, 4.69) is 53.1 Å². The molecule has 2 amide bonds. The van der Waals surface area contributed by atoms with Crippen LogP contribution in [0.15, 0.2) is 43.7 Å². The summed E-state index contributed by atoms with van der Waals surface area (Å²) in [5.74, 6) is -0.790. The van der Waals surface area contributed by atoms with Crippen molar-refractivity contribution in [1.29, 1.82) is 0 Å². The number of imide groups is 1. The molecule has 1 aliphatic heterocycles. The molecule has 0 bridgehead atoms. The minimum absolute atomic E-state index is 0.0820. The molecule has 1 aliphatic rings. The van der Waals surface area contributed by atoms with Crippen molar-refractivity contribution in [2.24, 2.45) is 0 Å². The second kappa shape index (κ2) is 6.22. The molecule has 2 aromatic rings. The number of fused-ring (bicyclic) bond motifs is 1. The maximum Gasteiger partial charge on any atom is 0.258 e. The number of carbonyl (C=O) groups excluding carboxylic acids is 2. The number of nitrogens with one attached hydrogen (secondary N) is 1. The molecule has 1 heterocycles. The number of hydrogen-bond donors (Lipinski definition) is 2. The number of phenolic OH excluding ortho intramolecular Hbond substituents is 1. The SMILES string of the molecule is O=C1NC(=O)c2ccc(Br)cc2C1=Cc1cc(Br)c(O)c(Br)c1. The Morgan fingerprint density at radius 3 is 2.22 bits per heavy atom. The molecule has 4 nitrogen and oxygen atoms in total. The first kappa shape index (κ1) is 16.4. The van der Waals surface area contributed by atoms with Gasteiger partial charge in [0.15, 0.2) is 0 Å². The molecule has 0 spiro atoms. The summed E-state index contributed by atoms with van der Waals surface area (Å²) in [5.41, 5.74) is 2.08. The Morgan fingerprint density at radius 1 is 0.913 bits per heavy atom. The average molecular weight is 502 g/mol. The van der Waals surface area contributed by atoms with Crippen molar-refractivity contribution in [2.75, 3.05) is 0 Å². The van der Waals surface area contributed by atoms with Crippen LogP contribution in [0.2, 0.25) is 0 Å². The lowest BCUT2D eigenvalue weighted by molar-refractivity contribution is -0.114. The van der Waals surface area contributed by atoms with Crippen molar-refractivity contribution < 1.29 is 14.7 Å². The Labute approximate surface area is 157 Å². The van der Waals surface area contributed by atoms with Gasteiger partial charge in [-0.25, -0.2) is 0 Å². The van der Waals surface area contributed by atoms with E-state index in [1.807, 2.05) is 0 Å². The van der Waals surface area contributed by atoms with Crippen LogP contribution in [-0.2, 0) is 4.79 Å². The molecule has 0 saturated carbocycles. The average Bonchev–Trinajstić information content (AvgIpc) is 2.48. The lowest BCUT2D eigenvalue weighted by Crippen LogP contribution is -2.36. The highest BCUT2D eigenvalue weighted by Gasteiger charge is 2.27. The van der Waals surface area contributed by atoms with Crippen LogP contribution in [0.25, 0.3) is 11.6 Å². The Hall–Kier alpha value is -1.44. The first-order chi connectivity index (χ1) is 10.9. The lowest BCUT2D eigenvalue weighted by Gasteiger charge is -2.18. The third-order valence-corrected chi connectivity index (χ3v) is 5.04. The van der Waals surface area contributed by atoms with Crippen molar-refractivity contribution in [3.63, 3.8) is 0 Å². The molecule has 0 atom stereocenters. The smallest absolute Gasteiger partial charge is 0.258 e. The van der Waals surface area contributed by atoms with Crippen LogP contribution in [0.1, 0.15) is 21.5 Å². The second-order valence-electron chi connectivity index (χ2n) is 4.86. The summed E-state index contributed by atoms with van der Waals surface area (Å²) >= 11 is 9.87. The zero-order valence-corrected chi connectivity index (χ0v) is 16.1. The maximum atomic E-state index is 12.2. The molecule has 2 N–H and O–H groups in total. The zero-order valence-electron chi connectivity index (χ0n) is 11.4. The molecular weight excluding hydrogens is 494 g/mol. The Bertz CT molecular complexity index is 867. The quantitative estimate of drug-likeness (QED) is 0.447. The molecule has 0 aromatic heterocycles. The minimum Gasteiger partial charge on any atom is -0.506 e. The van der Waals surface area contributed by atoms with Gasteiger partial charge in [-0.2, -0.15) is 0 Å². The molecule has 7 heteroatoms. The second-order valence-corrected chi connectivity index (χ2v) is 7.49. The number of rotatable bonds is 1. The van der Waals surface area contributed by atoms with Crippen LogP contribution in [0, 0.1) is 0 Å². The summed E-state index contributed by atoms with van der Waals surface area (Å²) in [4.78, 5) is 24.2. The fraction of sp³-hybridized carbons (Fsp3) is 0. The summed E-state index contributed by atoms with van der Waals surface area (Å²) in [5, 5.41) is 12.1. The van der Waals surface area contributed by atoms with Crippen LogP contribution in [0.5, 0.6) is 5.75 Å². The summed E-state index contributed by atoms with van der Waals surface area (Å²) in [6, 6.07) is 8.53. The molecule has 0 radical (unpaired) electrons. The van der Waals surface area contributed by atoms with Gasteiger partial charge < -0.3 is 5.11 Å². The molecule has 2 aromatic carbocycles. The van der Waals surface area contributed by atoms with Crippen LogP contribution in [-0.4, -0.2) is 16.9 Å². The van der Waals surface area contributed by atoms with Crippen LogP contribution < -0.4 is 5.32 Å². The Balaban J connectivity index is 2.19. The van der Waals surface area contributed by atoms with Gasteiger partial charge in [0, 0.05) is 21.2 Å². The van der Waals surface area contributed by atoms with E-state index in [0.717, 1.165) is 4.47 Å². The third kappa shape index (κ3) is 3.13. The first-order valence-electron chi connectivity index (χ1n) is 6.42. The fourth-order valence-corrected chi connectivity index (χ4v) is 3.86. The van der Waals surface area contributed by atoms with Gasteiger partial charge in [-0.1, -0.05) is 15.9 Å². The van der Waals surface area contributed by atoms with Gasteiger partial charge in [0.2, 0.25) is 0 Å². The van der Waals surface area contributed by atoms with Gasteiger partial charge in [0.25, 0.3) is 11.8 Å². The molecule has 0 unspecified atom stereocenters. The van der Waals surface area contributed by atoms with E-state index in [1.165, 1.54) is 0 Å². The van der Waals surface area contributed by atoms with Gasteiger partial charge in [-0.3, -0.25) is 14.9 Å². The molecule has 116 valence electrons. The molecule has 0 saturated heterocycles. The van der Waals surface area contributed by atoms with E-state index in [9.17, 15) is 14.7 Å². The predicted octanol–water partition coefficient (Wildman–Crippen LogP) is 4.49. The van der Waals surface area contributed by atoms with E-state index in [0.29, 0.717) is 31.2 Å². The van der Waals surface area contributed by atoms with E-state index in [4.69, 9.17) is 0 Å². The molecule has 3 rings (SSSR count). The lowest BCUT2D eigenvalue weighted by atomic mass is 9.93. The topological polar surface area (TPSA) is 66.4 Å². The van der Waals surface area contributed by atoms with Gasteiger partial charge in [-0.05, 0) is 73.8 Å². The van der Waals surface area contributed by atoms with Crippen molar-refractivity contribution in [3.8, 4) is 5.75 Å². The van der Waals surface area contributed by atoms with E-state index in [-0.39, 0.29) is 5.75 Å². The highest BCUT2D eigenvalue weighted by atomic mass is 79.9. The Morgan fingerprint density at radius 2 is 1.57 bits per heavy atom. The monoisotopic (exact) mass is 499 g/mol. The molecular formula is C16H8Br3NO3. The molecule has 0 aliphatic carbocycles. The van der Waals surface area contributed by atoms with Gasteiger partial charge in [0.1, 0.15) is 5.75 Å². The van der Waals surface area contributed by atoms with E-state index < -0.39 is 11.8 Å². The third-order valence-electron chi connectivity index (χ3n) is 3.34. The largest absolute Gasteiger partial charge is 0.506 e. The zero-order chi connectivity index (χ0) is 16.7. The molecule has 0 fully saturated rings. The highest BCUT2D eigenvalue weighted by molar-refractivity contribution is 9.11. The van der Waals surface area contributed by atoms with Crippen molar-refractivity contribution in [3.05, 3.63) is 60.4 Å². The standard InChI is InChI=1S/C16H8Br3NO3/c17-8-1-2-9-10(6-8)11(16(23)20-15(9)22)3-7-4-12(18)14(21)13(19)5-7/h1-6,21H,(H,20,22,23). The predicted molar refractivity (Wildman–Crippen MR) is 98.0 cm³/mol. The van der Waals surface area contributed by atoms with Crippen LogP contribution >= 0.6 is 47.8 Å². The first-order valence-corrected chi connectivity index (χ1v) is 8.80. The Kier molecular flexibility index (Phi) is 4.44. The van der Waals surface area contributed by atoms with E-state index in [1.54, 1.807) is 36.4 Å². The fourth-order valence-electron chi connectivity index (χ4n) is 2.28. The maximum absolute atomic E-state index is 12.2. The van der Waals surface area contributed by atoms with Crippen LogP contribution in [0.3, 0.4) is 0 Å². The number of phenols is 1. The number of benzene rings is 2. The number of carbonyl (C=O) groups is 2. The summed E-state index contributed by atoms with van der Waals surface area (Å²) < 4.78 is 1.78. The summed E-state index contributed by atoms with van der Waals surface area (Å²) in [6.45, 7) is 0. The summed E-state index contributed by atoms with van der Waals surface area (Å²) in [7, 11) is 0. The van der Waals surface area contributed by atoms with E-state index >= 15 is 0 Å². The van der Waals surface area contributed by atoms with Crippen molar-refractivity contribution >= 4 is 71.3 Å². The van der Waals surface area contributed by atoms with Crippen LogP contribution in [0.4, 0.5) is 0 Å². The van der Waals surface area contributed by atoms with Crippen molar-refractivity contribution in [1.82, 2.24) is 5.32 Å². The van der Waals surface area contributed by atoms with Gasteiger partial charge in [-0.15, -0.1) is 0 Å². The van der Waals surface area contributed by atoms with Gasteiger partial charge >= 0.3 is 0 Å². The van der Waals surface area contributed by atoms with Crippen molar-refractivity contribution in [2.45, 2.75) is 0 Å². The number of hydrogen-bond acceptors (Lipinski definition) is 3. The normalized spacial score (nSPS) is 15.5. The summed E-state index contributed by atoms with van der Waals surface area (Å²) in [6.07, 6.45) is 1.67. The minimum atomic E-state index is -0.457.